The molecule has 0 fully saturated rings. The Morgan fingerprint density at radius 1 is 1.15 bits per heavy atom. The van der Waals surface area contributed by atoms with Crippen LogP contribution in [0.4, 0.5) is 13.2 Å². The number of nitrogens with zero attached hydrogens (tertiary/aromatic N) is 1. The van der Waals surface area contributed by atoms with Crippen molar-refractivity contribution in [1.82, 2.24) is 10.4 Å². The predicted octanol–water partition coefficient (Wildman–Crippen LogP) is 3.31. The van der Waals surface area contributed by atoms with Gasteiger partial charge in [-0.05, 0) is 23.8 Å². The number of nitrogens with one attached hydrogen (secondary N) is 1. The van der Waals surface area contributed by atoms with Crippen molar-refractivity contribution >= 4 is 11.6 Å². The number of benzene rings is 1. The van der Waals surface area contributed by atoms with Crippen molar-refractivity contribution < 1.29 is 13.2 Å². The molecule has 0 saturated carbocycles. The Hall–Kier alpha value is -1.63. The van der Waals surface area contributed by atoms with Gasteiger partial charge < -0.3 is 0 Å². The van der Waals surface area contributed by atoms with E-state index in [4.69, 9.17) is 17.4 Å². The highest BCUT2D eigenvalue weighted by Crippen LogP contribution is 2.35. The number of aromatic nitrogens is 1. The van der Waals surface area contributed by atoms with Gasteiger partial charge >= 0.3 is 6.18 Å². The van der Waals surface area contributed by atoms with Crippen LogP contribution in [0, 0.1) is 0 Å². The minimum absolute atomic E-state index is 0.0114. The van der Waals surface area contributed by atoms with Crippen molar-refractivity contribution in [2.45, 2.75) is 12.2 Å². The van der Waals surface area contributed by atoms with E-state index in [2.05, 4.69) is 10.4 Å². The van der Waals surface area contributed by atoms with E-state index >= 15 is 0 Å². The number of pyridine rings is 1. The standard InChI is InChI=1S/C13H11ClF3N3/c14-8-5-6-11(19-7-8)12(20-18)9-3-1-2-4-10(9)13(15,16)17/h1-7,12,20H,18H2. The summed E-state index contributed by atoms with van der Waals surface area (Å²) in [6.07, 6.45) is -3.10. The molecule has 3 N–H and O–H groups in total. The molecular formula is C13H11ClF3N3. The van der Waals surface area contributed by atoms with Gasteiger partial charge in [-0.3, -0.25) is 10.8 Å². The maximum absolute atomic E-state index is 13.0. The Labute approximate surface area is 118 Å². The molecule has 0 radical (unpaired) electrons. The summed E-state index contributed by atoms with van der Waals surface area (Å²) in [5, 5.41) is 0.397. The molecule has 0 aliphatic heterocycles. The average molecular weight is 302 g/mol. The molecule has 1 atom stereocenters. The van der Waals surface area contributed by atoms with Gasteiger partial charge in [-0.1, -0.05) is 29.8 Å². The highest BCUT2D eigenvalue weighted by molar-refractivity contribution is 6.30. The molecule has 0 aliphatic rings. The van der Waals surface area contributed by atoms with Crippen LogP contribution in [0.15, 0.2) is 42.6 Å². The SMILES string of the molecule is NNC(c1ccc(Cl)cn1)c1ccccc1C(F)(F)F. The van der Waals surface area contributed by atoms with Crippen LogP contribution in [0.25, 0.3) is 0 Å². The summed E-state index contributed by atoms with van der Waals surface area (Å²) in [5.41, 5.74) is 1.98. The highest BCUT2D eigenvalue weighted by atomic mass is 35.5. The molecule has 0 amide bonds. The second-order valence-electron chi connectivity index (χ2n) is 4.09. The topological polar surface area (TPSA) is 50.9 Å². The minimum Gasteiger partial charge on any atom is -0.271 e. The minimum atomic E-state index is -4.46. The lowest BCUT2D eigenvalue weighted by atomic mass is 9.97. The Morgan fingerprint density at radius 2 is 1.85 bits per heavy atom. The van der Waals surface area contributed by atoms with Gasteiger partial charge in [0, 0.05) is 6.20 Å². The normalized spacial score (nSPS) is 13.2. The fraction of sp³-hybridized carbons (Fsp3) is 0.154. The van der Waals surface area contributed by atoms with Crippen LogP contribution >= 0.6 is 11.6 Å². The molecule has 1 aromatic heterocycles. The lowest BCUT2D eigenvalue weighted by molar-refractivity contribution is -0.138. The van der Waals surface area contributed by atoms with Crippen molar-refractivity contribution in [1.29, 1.82) is 0 Å². The van der Waals surface area contributed by atoms with Gasteiger partial charge in [0.15, 0.2) is 0 Å². The van der Waals surface area contributed by atoms with Crippen LogP contribution in [-0.2, 0) is 6.18 Å². The van der Waals surface area contributed by atoms with Gasteiger partial charge in [0.2, 0.25) is 0 Å². The third-order valence-electron chi connectivity index (χ3n) is 2.79. The molecule has 1 aromatic carbocycles. The fourth-order valence-electron chi connectivity index (χ4n) is 1.90. The zero-order valence-corrected chi connectivity index (χ0v) is 10.9. The summed E-state index contributed by atoms with van der Waals surface area (Å²) < 4.78 is 39.0. The van der Waals surface area contributed by atoms with Gasteiger partial charge in [-0.25, -0.2) is 5.43 Å². The third-order valence-corrected chi connectivity index (χ3v) is 3.01. The third kappa shape index (κ3) is 3.09. The van der Waals surface area contributed by atoms with E-state index in [-0.39, 0.29) is 5.56 Å². The number of hydrogen-bond acceptors (Lipinski definition) is 3. The summed E-state index contributed by atoms with van der Waals surface area (Å²) in [4.78, 5) is 4.01. The Kier molecular flexibility index (Phi) is 4.27. The summed E-state index contributed by atoms with van der Waals surface area (Å²) in [6.45, 7) is 0. The Morgan fingerprint density at radius 3 is 2.40 bits per heavy atom. The number of hydrogen-bond donors (Lipinski definition) is 2. The molecule has 1 unspecified atom stereocenters. The number of nitrogens with two attached hydrogens (primary N) is 1. The van der Waals surface area contributed by atoms with Crippen molar-refractivity contribution in [3.8, 4) is 0 Å². The second-order valence-corrected chi connectivity index (χ2v) is 4.52. The van der Waals surface area contributed by atoms with Gasteiger partial charge in [-0.2, -0.15) is 13.2 Å². The molecule has 106 valence electrons. The van der Waals surface area contributed by atoms with Crippen LogP contribution in [0.5, 0.6) is 0 Å². The van der Waals surface area contributed by atoms with Crippen LogP contribution in [0.3, 0.4) is 0 Å². The van der Waals surface area contributed by atoms with Crippen LogP contribution < -0.4 is 11.3 Å². The molecule has 0 saturated heterocycles. The lowest BCUT2D eigenvalue weighted by Gasteiger charge is -2.20. The number of halogens is 4. The molecular weight excluding hydrogens is 291 g/mol. The first-order valence-corrected chi connectivity index (χ1v) is 6.05. The van der Waals surface area contributed by atoms with Gasteiger partial charge in [0.1, 0.15) is 0 Å². The molecule has 2 rings (SSSR count). The summed E-state index contributed by atoms with van der Waals surface area (Å²) in [6, 6.07) is 7.43. The molecule has 1 heterocycles. The maximum atomic E-state index is 13.0. The largest absolute Gasteiger partial charge is 0.416 e. The van der Waals surface area contributed by atoms with E-state index in [0.29, 0.717) is 10.7 Å². The van der Waals surface area contributed by atoms with E-state index < -0.39 is 17.8 Å². The number of rotatable bonds is 3. The monoisotopic (exact) mass is 301 g/mol. The van der Waals surface area contributed by atoms with Crippen molar-refractivity contribution in [3.05, 3.63) is 64.4 Å². The maximum Gasteiger partial charge on any atom is 0.416 e. The van der Waals surface area contributed by atoms with Crippen molar-refractivity contribution in [2.75, 3.05) is 0 Å². The summed E-state index contributed by atoms with van der Waals surface area (Å²) >= 11 is 5.72. The van der Waals surface area contributed by atoms with Gasteiger partial charge in [0.25, 0.3) is 0 Å². The van der Waals surface area contributed by atoms with E-state index in [1.165, 1.54) is 30.5 Å². The van der Waals surface area contributed by atoms with Crippen LogP contribution in [0.2, 0.25) is 5.02 Å². The predicted molar refractivity (Wildman–Crippen MR) is 69.9 cm³/mol. The molecule has 3 nitrogen and oxygen atoms in total. The van der Waals surface area contributed by atoms with Crippen LogP contribution in [-0.4, -0.2) is 4.98 Å². The molecule has 0 spiro atoms. The first kappa shape index (κ1) is 14.8. The number of hydrazine groups is 1. The van der Waals surface area contributed by atoms with Crippen LogP contribution in [0.1, 0.15) is 22.9 Å². The average Bonchev–Trinajstić information content (AvgIpc) is 2.41. The quantitative estimate of drug-likeness (QED) is 0.675. The highest BCUT2D eigenvalue weighted by Gasteiger charge is 2.35. The first-order valence-electron chi connectivity index (χ1n) is 5.67. The number of alkyl halides is 3. The molecule has 0 aliphatic carbocycles. The van der Waals surface area contributed by atoms with E-state index in [0.717, 1.165) is 6.07 Å². The summed E-state index contributed by atoms with van der Waals surface area (Å²) in [7, 11) is 0. The molecule has 0 bridgehead atoms. The van der Waals surface area contributed by atoms with E-state index in [1.54, 1.807) is 6.07 Å². The Bertz CT molecular complexity index is 584. The smallest absolute Gasteiger partial charge is 0.271 e. The molecule has 2 aromatic rings. The molecule has 20 heavy (non-hydrogen) atoms. The van der Waals surface area contributed by atoms with Gasteiger partial charge in [-0.15, -0.1) is 0 Å². The zero-order chi connectivity index (χ0) is 14.8. The van der Waals surface area contributed by atoms with Crippen molar-refractivity contribution in [3.63, 3.8) is 0 Å². The summed E-state index contributed by atoms with van der Waals surface area (Å²) in [5.74, 6) is 5.40. The fourth-order valence-corrected chi connectivity index (χ4v) is 2.01. The van der Waals surface area contributed by atoms with Gasteiger partial charge in [0.05, 0.1) is 22.3 Å². The second kappa shape index (κ2) is 5.78. The zero-order valence-electron chi connectivity index (χ0n) is 10.2. The van der Waals surface area contributed by atoms with Crippen molar-refractivity contribution in [2.24, 2.45) is 5.84 Å². The molecule has 7 heteroatoms. The van der Waals surface area contributed by atoms with E-state index in [9.17, 15) is 13.2 Å². The Balaban J connectivity index is 2.50. The lowest BCUT2D eigenvalue weighted by Crippen LogP contribution is -2.31. The van der Waals surface area contributed by atoms with E-state index in [1.807, 2.05) is 0 Å². The first-order chi connectivity index (χ1) is 9.43.